The van der Waals surface area contributed by atoms with Crippen molar-refractivity contribution >= 4 is 5.91 Å². The fourth-order valence-electron chi connectivity index (χ4n) is 1.23. The van der Waals surface area contributed by atoms with Gasteiger partial charge in [-0.1, -0.05) is 5.16 Å². The van der Waals surface area contributed by atoms with E-state index in [4.69, 9.17) is 9.26 Å². The highest BCUT2D eigenvalue weighted by atomic mass is 16.5. The lowest BCUT2D eigenvalue weighted by Gasteiger charge is -2.15. The summed E-state index contributed by atoms with van der Waals surface area (Å²) >= 11 is 0. The van der Waals surface area contributed by atoms with Gasteiger partial charge in [-0.15, -0.1) is 0 Å². The number of rotatable bonds is 3. The summed E-state index contributed by atoms with van der Waals surface area (Å²) in [5.41, 5.74) is 1.13. The first-order chi connectivity index (χ1) is 6.57. The molecule has 1 aromatic rings. The van der Waals surface area contributed by atoms with Gasteiger partial charge in [-0.25, -0.2) is 0 Å². The van der Waals surface area contributed by atoms with Crippen LogP contribution in [0.2, 0.25) is 0 Å². The second-order valence-electron chi connectivity index (χ2n) is 3.12. The van der Waals surface area contributed by atoms with Gasteiger partial charge in [-0.2, -0.15) is 0 Å². The molecular formula is C9H14N2O3. The van der Waals surface area contributed by atoms with E-state index in [1.54, 1.807) is 20.9 Å². The van der Waals surface area contributed by atoms with Crippen LogP contribution in [0.3, 0.4) is 0 Å². The predicted molar refractivity (Wildman–Crippen MR) is 49.9 cm³/mol. The van der Waals surface area contributed by atoms with Gasteiger partial charge in [-0.05, 0) is 13.8 Å². The molecule has 1 heterocycles. The molecule has 0 aliphatic carbocycles. The molecule has 0 aliphatic heterocycles. The highest BCUT2D eigenvalue weighted by Gasteiger charge is 2.20. The van der Waals surface area contributed by atoms with Crippen LogP contribution in [0.1, 0.15) is 21.8 Å². The molecule has 0 saturated heterocycles. The van der Waals surface area contributed by atoms with Crippen LogP contribution in [-0.2, 0) is 4.74 Å². The van der Waals surface area contributed by atoms with Crippen molar-refractivity contribution in [2.45, 2.75) is 13.8 Å². The maximum absolute atomic E-state index is 11.8. The zero-order valence-electron chi connectivity index (χ0n) is 8.83. The zero-order valence-corrected chi connectivity index (χ0v) is 8.83. The maximum Gasteiger partial charge on any atom is 0.260 e. The molecule has 0 atom stereocenters. The second-order valence-corrected chi connectivity index (χ2v) is 3.12. The molecule has 0 radical (unpaired) electrons. The van der Waals surface area contributed by atoms with Crippen LogP contribution in [0.4, 0.5) is 0 Å². The Kier molecular flexibility index (Phi) is 3.24. The van der Waals surface area contributed by atoms with Crippen LogP contribution in [0.5, 0.6) is 0 Å². The Balaban J connectivity index is 2.88. The van der Waals surface area contributed by atoms with Crippen molar-refractivity contribution in [1.82, 2.24) is 10.1 Å². The zero-order chi connectivity index (χ0) is 10.7. The molecule has 5 nitrogen and oxygen atoms in total. The predicted octanol–water partition coefficient (Wildman–Crippen LogP) is 0.967. The second kappa shape index (κ2) is 4.23. The monoisotopic (exact) mass is 198 g/mol. The number of carbonyl (C=O) groups excluding carboxylic acids is 1. The quantitative estimate of drug-likeness (QED) is 0.679. The number of nitrogens with zero attached hydrogens (tertiary/aromatic N) is 2. The molecule has 14 heavy (non-hydrogen) atoms. The summed E-state index contributed by atoms with van der Waals surface area (Å²) in [6.07, 6.45) is 0. The number of amides is 1. The molecule has 78 valence electrons. The van der Waals surface area contributed by atoms with E-state index in [1.165, 1.54) is 12.0 Å². The maximum atomic E-state index is 11.8. The first-order valence-corrected chi connectivity index (χ1v) is 4.25. The third-order valence-electron chi connectivity index (χ3n) is 1.92. The molecule has 5 heteroatoms. The molecule has 0 fully saturated rings. The highest BCUT2D eigenvalue weighted by Crippen LogP contribution is 2.13. The molecule has 0 unspecified atom stereocenters. The molecule has 1 aromatic heterocycles. The van der Waals surface area contributed by atoms with Crippen LogP contribution >= 0.6 is 0 Å². The van der Waals surface area contributed by atoms with Gasteiger partial charge in [0.1, 0.15) is 18.1 Å². The van der Waals surface area contributed by atoms with Gasteiger partial charge in [-0.3, -0.25) is 4.79 Å². The molecule has 0 bridgehead atoms. The smallest absolute Gasteiger partial charge is 0.260 e. The van der Waals surface area contributed by atoms with E-state index in [2.05, 4.69) is 5.16 Å². The van der Waals surface area contributed by atoms with Crippen molar-refractivity contribution in [3.8, 4) is 0 Å². The molecule has 0 aliphatic rings. The van der Waals surface area contributed by atoms with E-state index in [-0.39, 0.29) is 12.6 Å². The van der Waals surface area contributed by atoms with Gasteiger partial charge in [0.2, 0.25) is 0 Å². The first kappa shape index (κ1) is 10.7. The Bertz CT molecular complexity index is 313. The van der Waals surface area contributed by atoms with E-state index in [1.807, 2.05) is 0 Å². The number of hydrogen-bond acceptors (Lipinski definition) is 4. The fraction of sp³-hybridized carbons (Fsp3) is 0.556. The summed E-state index contributed by atoms with van der Waals surface area (Å²) in [5.74, 6) is 0.401. The van der Waals surface area contributed by atoms with Gasteiger partial charge in [0.05, 0.1) is 5.69 Å². The van der Waals surface area contributed by atoms with Crippen molar-refractivity contribution in [1.29, 1.82) is 0 Å². The van der Waals surface area contributed by atoms with E-state index < -0.39 is 0 Å². The van der Waals surface area contributed by atoms with Crippen LogP contribution in [-0.4, -0.2) is 36.9 Å². The summed E-state index contributed by atoms with van der Waals surface area (Å²) in [4.78, 5) is 13.2. The van der Waals surface area contributed by atoms with Crippen LogP contribution in [0.25, 0.3) is 0 Å². The number of hydrogen-bond donors (Lipinski definition) is 0. The summed E-state index contributed by atoms with van der Waals surface area (Å²) in [7, 11) is 3.20. The van der Waals surface area contributed by atoms with E-state index >= 15 is 0 Å². The van der Waals surface area contributed by atoms with Crippen LogP contribution < -0.4 is 0 Å². The van der Waals surface area contributed by atoms with Crippen LogP contribution in [0, 0.1) is 13.8 Å². The number of aryl methyl sites for hydroxylation is 2. The lowest BCUT2D eigenvalue weighted by molar-refractivity contribution is 0.0505. The highest BCUT2D eigenvalue weighted by molar-refractivity contribution is 5.95. The van der Waals surface area contributed by atoms with Gasteiger partial charge < -0.3 is 14.2 Å². The summed E-state index contributed by atoms with van der Waals surface area (Å²) in [6, 6.07) is 0. The van der Waals surface area contributed by atoms with Gasteiger partial charge in [0.25, 0.3) is 5.91 Å². The Labute approximate surface area is 82.6 Å². The topological polar surface area (TPSA) is 55.6 Å². The van der Waals surface area contributed by atoms with E-state index in [0.29, 0.717) is 17.0 Å². The molecule has 1 amide bonds. The summed E-state index contributed by atoms with van der Waals surface area (Å²) < 4.78 is 9.76. The minimum absolute atomic E-state index is 0.136. The lowest BCUT2D eigenvalue weighted by atomic mass is 10.2. The third kappa shape index (κ3) is 1.93. The van der Waals surface area contributed by atoms with Crippen molar-refractivity contribution < 1.29 is 14.1 Å². The molecule has 0 saturated carbocycles. The average Bonchev–Trinajstić information content (AvgIpc) is 2.46. The number of carbonyl (C=O) groups is 1. The van der Waals surface area contributed by atoms with Crippen molar-refractivity contribution in [3.63, 3.8) is 0 Å². The normalized spacial score (nSPS) is 10.3. The van der Waals surface area contributed by atoms with Crippen molar-refractivity contribution in [3.05, 3.63) is 17.0 Å². The molecular weight excluding hydrogens is 184 g/mol. The van der Waals surface area contributed by atoms with Crippen molar-refractivity contribution in [2.75, 3.05) is 20.9 Å². The lowest BCUT2D eigenvalue weighted by Crippen LogP contribution is -2.29. The number of ether oxygens (including phenoxy) is 1. The van der Waals surface area contributed by atoms with Gasteiger partial charge in [0.15, 0.2) is 0 Å². The molecule has 1 rings (SSSR count). The minimum atomic E-state index is -0.136. The van der Waals surface area contributed by atoms with Gasteiger partial charge in [0, 0.05) is 14.2 Å². The van der Waals surface area contributed by atoms with E-state index in [9.17, 15) is 4.79 Å². The number of aromatic nitrogens is 1. The summed E-state index contributed by atoms with van der Waals surface area (Å²) in [5, 5.41) is 3.72. The SMILES string of the molecule is COCN(C)C(=O)c1c(C)noc1C. The largest absolute Gasteiger partial charge is 0.364 e. The Morgan fingerprint density at radius 1 is 1.57 bits per heavy atom. The van der Waals surface area contributed by atoms with Crippen LogP contribution in [0.15, 0.2) is 4.52 Å². The number of methoxy groups -OCH3 is 1. The minimum Gasteiger partial charge on any atom is -0.364 e. The van der Waals surface area contributed by atoms with Crippen molar-refractivity contribution in [2.24, 2.45) is 0 Å². The Morgan fingerprint density at radius 3 is 2.64 bits per heavy atom. The Hall–Kier alpha value is -1.36. The Morgan fingerprint density at radius 2 is 2.21 bits per heavy atom. The van der Waals surface area contributed by atoms with E-state index in [0.717, 1.165) is 0 Å². The standard InChI is InChI=1S/C9H14N2O3/c1-6-8(7(2)14-10-6)9(12)11(3)5-13-4/h5H2,1-4H3. The molecule has 0 spiro atoms. The fourth-order valence-corrected chi connectivity index (χ4v) is 1.23. The van der Waals surface area contributed by atoms with Gasteiger partial charge >= 0.3 is 0 Å². The molecule has 0 N–H and O–H groups in total. The first-order valence-electron chi connectivity index (χ1n) is 4.25. The summed E-state index contributed by atoms with van der Waals surface area (Å²) in [6.45, 7) is 3.71. The third-order valence-corrected chi connectivity index (χ3v) is 1.92. The molecule has 0 aromatic carbocycles. The average molecular weight is 198 g/mol.